The number of hydrogen-bond donors (Lipinski definition) is 1. The second-order valence-electron chi connectivity index (χ2n) is 8.43. The van der Waals surface area contributed by atoms with Gasteiger partial charge in [-0.1, -0.05) is 0 Å². The summed E-state index contributed by atoms with van der Waals surface area (Å²) >= 11 is 0. The van der Waals surface area contributed by atoms with Crippen molar-refractivity contribution in [3.8, 4) is 5.88 Å². The highest BCUT2D eigenvalue weighted by molar-refractivity contribution is 6.08. The van der Waals surface area contributed by atoms with E-state index in [-0.39, 0.29) is 18.0 Å². The van der Waals surface area contributed by atoms with E-state index in [0.29, 0.717) is 43.4 Å². The van der Waals surface area contributed by atoms with Gasteiger partial charge in [-0.25, -0.2) is 14.4 Å². The lowest BCUT2D eigenvalue weighted by molar-refractivity contribution is -0.132. The highest BCUT2D eigenvalue weighted by Crippen LogP contribution is 2.25. The van der Waals surface area contributed by atoms with Gasteiger partial charge in [0.25, 0.3) is 5.91 Å². The number of nitrogens with one attached hydrogen (secondary N) is 1. The molecule has 3 aromatic heterocycles. The van der Waals surface area contributed by atoms with Gasteiger partial charge in [0.1, 0.15) is 18.0 Å². The molecule has 0 bridgehead atoms. The number of aromatic nitrogens is 3. The maximum atomic E-state index is 14.1. The summed E-state index contributed by atoms with van der Waals surface area (Å²) in [7, 11) is 1.49. The number of carbonyl (C=O) groups is 2. The number of carbonyl (C=O) groups excluding carboxylic acids is 2. The summed E-state index contributed by atoms with van der Waals surface area (Å²) < 4.78 is 21.0. The topological polar surface area (TPSA) is 92.6 Å². The highest BCUT2D eigenvalue weighted by Gasteiger charge is 2.25. The van der Waals surface area contributed by atoms with Crippen LogP contribution in [0.5, 0.6) is 5.88 Å². The quantitative estimate of drug-likeness (QED) is 0.448. The average molecular weight is 489 g/mol. The van der Waals surface area contributed by atoms with Crippen LogP contribution >= 0.6 is 0 Å². The van der Waals surface area contributed by atoms with Gasteiger partial charge in [-0.05, 0) is 42.5 Å². The van der Waals surface area contributed by atoms with E-state index in [0.717, 1.165) is 11.0 Å². The number of methoxy groups -OCH3 is 1. The van der Waals surface area contributed by atoms with Crippen molar-refractivity contribution in [1.82, 2.24) is 19.4 Å². The van der Waals surface area contributed by atoms with E-state index in [1.165, 1.54) is 25.4 Å². The third-order valence-electron chi connectivity index (χ3n) is 6.21. The third-order valence-corrected chi connectivity index (χ3v) is 6.21. The largest absolute Gasteiger partial charge is 0.481 e. The molecule has 1 aliphatic rings. The monoisotopic (exact) mass is 488 g/mol. The van der Waals surface area contributed by atoms with Gasteiger partial charge in [-0.15, -0.1) is 0 Å². The minimum absolute atomic E-state index is 0.00140. The minimum Gasteiger partial charge on any atom is -0.481 e. The molecule has 2 amide bonds. The van der Waals surface area contributed by atoms with Crippen LogP contribution in [-0.4, -0.2) is 64.5 Å². The number of halogens is 1. The Morgan fingerprint density at radius 2 is 1.86 bits per heavy atom. The van der Waals surface area contributed by atoms with Crippen LogP contribution in [0.3, 0.4) is 0 Å². The summed E-state index contributed by atoms with van der Waals surface area (Å²) in [6.07, 6.45) is 5.10. The second kappa shape index (κ2) is 10.0. The first-order chi connectivity index (χ1) is 17.5. The molecule has 184 valence electrons. The first kappa shape index (κ1) is 23.3. The van der Waals surface area contributed by atoms with Crippen LogP contribution in [0.25, 0.3) is 11.0 Å². The van der Waals surface area contributed by atoms with E-state index in [1.54, 1.807) is 29.3 Å². The molecule has 5 rings (SSSR count). The second-order valence-corrected chi connectivity index (χ2v) is 8.43. The molecule has 1 aliphatic heterocycles. The Kier molecular flexibility index (Phi) is 6.48. The molecule has 0 spiro atoms. The van der Waals surface area contributed by atoms with Gasteiger partial charge in [-0.2, -0.15) is 0 Å². The molecule has 0 radical (unpaired) electrons. The number of amides is 2. The maximum Gasteiger partial charge on any atom is 0.257 e. The van der Waals surface area contributed by atoms with Gasteiger partial charge in [0.2, 0.25) is 11.8 Å². The van der Waals surface area contributed by atoms with Crippen molar-refractivity contribution in [2.24, 2.45) is 0 Å². The standard InChI is InChI=1S/C26H25FN6O3/c1-36-23-16-20(6-9-28-23)30-26(35)21-15-19(27)4-5-22(21)31-11-13-32(14-12-31)24(34)17-33-10-7-18-3-2-8-29-25(18)33/h2-10,15-16H,11-14,17H2,1H3,(H,28,30,35). The smallest absolute Gasteiger partial charge is 0.257 e. The fourth-order valence-electron chi connectivity index (χ4n) is 4.35. The molecule has 4 heterocycles. The number of hydrogen-bond acceptors (Lipinski definition) is 6. The van der Waals surface area contributed by atoms with E-state index in [2.05, 4.69) is 15.3 Å². The van der Waals surface area contributed by atoms with Gasteiger partial charge in [-0.3, -0.25) is 9.59 Å². The van der Waals surface area contributed by atoms with E-state index in [1.807, 2.05) is 33.9 Å². The lowest BCUT2D eigenvalue weighted by Gasteiger charge is -2.37. The number of benzene rings is 1. The van der Waals surface area contributed by atoms with Crippen molar-refractivity contribution < 1.29 is 18.7 Å². The third kappa shape index (κ3) is 4.83. The summed E-state index contributed by atoms with van der Waals surface area (Å²) in [5.74, 6) is -0.584. The predicted octanol–water partition coefficient (Wildman–Crippen LogP) is 3.18. The van der Waals surface area contributed by atoms with Crippen molar-refractivity contribution in [3.63, 3.8) is 0 Å². The lowest BCUT2D eigenvalue weighted by Crippen LogP contribution is -2.50. The normalized spacial score (nSPS) is 13.6. The number of rotatable bonds is 6. The number of fused-ring (bicyclic) bond motifs is 1. The number of anilines is 2. The van der Waals surface area contributed by atoms with Crippen LogP contribution in [0.2, 0.25) is 0 Å². The summed E-state index contributed by atoms with van der Waals surface area (Å²) in [4.78, 5) is 38.2. The highest BCUT2D eigenvalue weighted by atomic mass is 19.1. The van der Waals surface area contributed by atoms with Crippen LogP contribution in [-0.2, 0) is 11.3 Å². The fraction of sp³-hybridized carbons (Fsp3) is 0.231. The molecule has 1 aromatic carbocycles. The zero-order chi connectivity index (χ0) is 25.1. The summed E-state index contributed by atoms with van der Waals surface area (Å²) in [5, 5.41) is 3.77. The van der Waals surface area contributed by atoms with E-state index in [9.17, 15) is 14.0 Å². The predicted molar refractivity (Wildman–Crippen MR) is 134 cm³/mol. The van der Waals surface area contributed by atoms with Gasteiger partial charge >= 0.3 is 0 Å². The summed E-state index contributed by atoms with van der Waals surface area (Å²) in [6.45, 7) is 2.23. The number of piperazine rings is 1. The Labute approximate surface area is 207 Å². The molecule has 0 aliphatic carbocycles. The van der Waals surface area contributed by atoms with Crippen LogP contribution in [0.15, 0.2) is 67.1 Å². The minimum atomic E-state index is -0.502. The Hall–Kier alpha value is -4.47. The first-order valence-corrected chi connectivity index (χ1v) is 11.6. The number of ether oxygens (including phenoxy) is 1. The van der Waals surface area contributed by atoms with Crippen LogP contribution in [0, 0.1) is 5.82 Å². The van der Waals surface area contributed by atoms with Crippen LogP contribution in [0.4, 0.5) is 15.8 Å². The van der Waals surface area contributed by atoms with Crippen LogP contribution < -0.4 is 15.0 Å². The number of nitrogens with zero attached hydrogens (tertiary/aromatic N) is 5. The molecular formula is C26H25FN6O3. The fourth-order valence-corrected chi connectivity index (χ4v) is 4.35. The molecule has 1 N–H and O–H groups in total. The van der Waals surface area contributed by atoms with Crippen molar-refractivity contribution in [3.05, 3.63) is 78.5 Å². The van der Waals surface area contributed by atoms with Gasteiger partial charge < -0.3 is 24.4 Å². The van der Waals surface area contributed by atoms with Crippen molar-refractivity contribution in [1.29, 1.82) is 0 Å². The molecule has 0 atom stereocenters. The first-order valence-electron chi connectivity index (χ1n) is 11.6. The molecule has 4 aromatic rings. The molecule has 0 saturated carbocycles. The molecular weight excluding hydrogens is 463 g/mol. The molecule has 9 nitrogen and oxygen atoms in total. The molecule has 1 saturated heterocycles. The zero-order valence-corrected chi connectivity index (χ0v) is 19.7. The average Bonchev–Trinajstić information content (AvgIpc) is 3.31. The molecule has 10 heteroatoms. The molecule has 36 heavy (non-hydrogen) atoms. The van der Waals surface area contributed by atoms with Gasteiger partial charge in [0.15, 0.2) is 0 Å². The molecule has 0 unspecified atom stereocenters. The Balaban J connectivity index is 1.26. The van der Waals surface area contributed by atoms with E-state index < -0.39 is 11.7 Å². The summed E-state index contributed by atoms with van der Waals surface area (Å²) in [6, 6.07) is 13.2. The van der Waals surface area contributed by atoms with Gasteiger partial charge in [0, 0.05) is 67.6 Å². The van der Waals surface area contributed by atoms with E-state index in [4.69, 9.17) is 4.74 Å². The van der Waals surface area contributed by atoms with Crippen molar-refractivity contribution in [2.45, 2.75) is 6.54 Å². The summed E-state index contributed by atoms with van der Waals surface area (Å²) in [5.41, 5.74) is 2.10. The number of pyridine rings is 2. The lowest BCUT2D eigenvalue weighted by atomic mass is 10.1. The Morgan fingerprint density at radius 3 is 2.67 bits per heavy atom. The molecule has 1 fully saturated rings. The Bertz CT molecular complexity index is 1410. The van der Waals surface area contributed by atoms with Gasteiger partial charge in [0.05, 0.1) is 12.7 Å². The van der Waals surface area contributed by atoms with E-state index >= 15 is 0 Å². The zero-order valence-electron chi connectivity index (χ0n) is 19.7. The maximum absolute atomic E-state index is 14.1. The Morgan fingerprint density at radius 1 is 1.03 bits per heavy atom. The van der Waals surface area contributed by atoms with Crippen LogP contribution in [0.1, 0.15) is 10.4 Å². The van der Waals surface area contributed by atoms with Crippen molar-refractivity contribution >= 4 is 34.2 Å². The SMILES string of the molecule is COc1cc(NC(=O)c2cc(F)ccc2N2CCN(C(=O)Cn3ccc4cccnc43)CC2)ccn1. The van der Waals surface area contributed by atoms with Crippen molar-refractivity contribution in [2.75, 3.05) is 43.5 Å².